The summed E-state index contributed by atoms with van der Waals surface area (Å²) in [5.41, 5.74) is 0.950. The van der Waals surface area contributed by atoms with E-state index < -0.39 is 10.5 Å². The third-order valence-electron chi connectivity index (χ3n) is 4.73. The third kappa shape index (κ3) is 3.72. The van der Waals surface area contributed by atoms with Crippen molar-refractivity contribution in [3.8, 4) is 11.5 Å². The van der Waals surface area contributed by atoms with E-state index in [2.05, 4.69) is 5.32 Å². The van der Waals surface area contributed by atoms with Gasteiger partial charge in [0.15, 0.2) is 0 Å². The van der Waals surface area contributed by atoms with Crippen LogP contribution in [0.4, 0.5) is 5.69 Å². The van der Waals surface area contributed by atoms with Crippen molar-refractivity contribution >= 4 is 11.6 Å². The second kappa shape index (κ2) is 6.90. The second-order valence-corrected chi connectivity index (χ2v) is 7.20. The molecule has 0 saturated heterocycles. The van der Waals surface area contributed by atoms with E-state index in [0.717, 1.165) is 5.56 Å². The molecule has 1 aliphatic rings. The SMILES string of the molecule is COc1ccc2c(c1)OC(C)(C)C[C@@H]2NC(=O)c1cccc([N+](=O)[O-])c1C. The molecule has 0 bridgehead atoms. The Kier molecular flexibility index (Phi) is 4.78. The first-order valence-electron chi connectivity index (χ1n) is 8.63. The zero-order valence-electron chi connectivity index (χ0n) is 15.7. The second-order valence-electron chi connectivity index (χ2n) is 7.20. The minimum Gasteiger partial charge on any atom is -0.497 e. The van der Waals surface area contributed by atoms with Gasteiger partial charge in [-0.15, -0.1) is 0 Å². The summed E-state index contributed by atoms with van der Waals surface area (Å²) in [6.07, 6.45) is 0.575. The molecule has 7 heteroatoms. The number of carbonyl (C=O) groups excluding carboxylic acids is 1. The highest BCUT2D eigenvalue weighted by atomic mass is 16.6. The number of methoxy groups -OCH3 is 1. The number of ether oxygens (including phenoxy) is 2. The van der Waals surface area contributed by atoms with Crippen LogP contribution in [-0.4, -0.2) is 23.5 Å². The molecule has 1 heterocycles. The Morgan fingerprint density at radius 3 is 2.74 bits per heavy atom. The standard InChI is InChI=1S/C20H22N2O5/c1-12-14(6-5-7-17(12)22(24)25)19(23)21-16-11-20(2,3)27-18-10-13(26-4)8-9-15(16)18/h5-10,16H,11H2,1-4H3,(H,21,23)/t16-/m0/s1. The van der Waals surface area contributed by atoms with Crippen LogP contribution in [-0.2, 0) is 0 Å². The lowest BCUT2D eigenvalue weighted by molar-refractivity contribution is -0.385. The number of amides is 1. The van der Waals surface area contributed by atoms with Gasteiger partial charge in [0, 0.05) is 35.2 Å². The molecule has 1 atom stereocenters. The summed E-state index contributed by atoms with van der Waals surface area (Å²) in [4.78, 5) is 23.5. The van der Waals surface area contributed by atoms with Crippen LogP contribution in [0.5, 0.6) is 11.5 Å². The molecular weight excluding hydrogens is 348 g/mol. The Morgan fingerprint density at radius 2 is 2.07 bits per heavy atom. The lowest BCUT2D eigenvalue weighted by Gasteiger charge is -2.38. The maximum Gasteiger partial charge on any atom is 0.273 e. The van der Waals surface area contributed by atoms with Crippen LogP contribution in [0, 0.1) is 17.0 Å². The molecule has 0 aliphatic carbocycles. The topological polar surface area (TPSA) is 90.7 Å². The maximum atomic E-state index is 12.9. The summed E-state index contributed by atoms with van der Waals surface area (Å²) >= 11 is 0. The largest absolute Gasteiger partial charge is 0.497 e. The number of benzene rings is 2. The van der Waals surface area contributed by atoms with Crippen molar-refractivity contribution in [2.24, 2.45) is 0 Å². The van der Waals surface area contributed by atoms with E-state index in [-0.39, 0.29) is 17.6 Å². The Hall–Kier alpha value is -3.09. The minimum atomic E-state index is -0.481. The molecule has 27 heavy (non-hydrogen) atoms. The van der Waals surface area contributed by atoms with Crippen LogP contribution in [0.15, 0.2) is 36.4 Å². The number of nitro benzene ring substituents is 1. The van der Waals surface area contributed by atoms with Gasteiger partial charge in [0.2, 0.25) is 0 Å². The van der Waals surface area contributed by atoms with E-state index in [1.165, 1.54) is 12.1 Å². The van der Waals surface area contributed by atoms with Crippen LogP contribution in [0.25, 0.3) is 0 Å². The summed E-state index contributed by atoms with van der Waals surface area (Å²) in [5.74, 6) is 0.985. The molecule has 0 aromatic heterocycles. The van der Waals surface area contributed by atoms with E-state index in [1.807, 2.05) is 26.0 Å². The van der Waals surface area contributed by atoms with Gasteiger partial charge in [0.1, 0.15) is 17.1 Å². The van der Waals surface area contributed by atoms with Gasteiger partial charge in [-0.25, -0.2) is 0 Å². The molecule has 2 aromatic carbocycles. The highest BCUT2D eigenvalue weighted by Crippen LogP contribution is 2.41. The minimum absolute atomic E-state index is 0.0694. The summed E-state index contributed by atoms with van der Waals surface area (Å²) in [6.45, 7) is 5.49. The Balaban J connectivity index is 1.93. The molecule has 0 radical (unpaired) electrons. The maximum absolute atomic E-state index is 12.9. The molecule has 1 aliphatic heterocycles. The van der Waals surface area contributed by atoms with Crippen LogP contribution in [0.2, 0.25) is 0 Å². The van der Waals surface area contributed by atoms with Gasteiger partial charge in [-0.1, -0.05) is 6.07 Å². The number of nitro groups is 1. The van der Waals surface area contributed by atoms with E-state index in [1.54, 1.807) is 26.2 Å². The molecule has 3 rings (SSSR count). The van der Waals surface area contributed by atoms with Crippen molar-refractivity contribution in [1.82, 2.24) is 5.32 Å². The predicted octanol–water partition coefficient (Wildman–Crippen LogP) is 3.94. The number of fused-ring (bicyclic) bond motifs is 1. The van der Waals surface area contributed by atoms with E-state index in [9.17, 15) is 14.9 Å². The van der Waals surface area contributed by atoms with Crippen LogP contribution in [0.3, 0.4) is 0 Å². The normalized spacial score (nSPS) is 17.4. The molecular formula is C20H22N2O5. The summed E-state index contributed by atoms with van der Waals surface area (Å²) < 4.78 is 11.3. The van der Waals surface area contributed by atoms with Gasteiger partial charge in [-0.3, -0.25) is 14.9 Å². The number of hydrogen-bond acceptors (Lipinski definition) is 5. The number of carbonyl (C=O) groups is 1. The molecule has 0 spiro atoms. The molecule has 0 unspecified atom stereocenters. The first-order valence-corrected chi connectivity index (χ1v) is 8.63. The summed E-state index contributed by atoms with van der Waals surface area (Å²) in [5, 5.41) is 14.2. The Morgan fingerprint density at radius 1 is 1.33 bits per heavy atom. The van der Waals surface area contributed by atoms with Crippen molar-refractivity contribution in [2.75, 3.05) is 7.11 Å². The van der Waals surface area contributed by atoms with Gasteiger partial charge in [-0.2, -0.15) is 0 Å². The van der Waals surface area contributed by atoms with Gasteiger partial charge >= 0.3 is 0 Å². The summed E-state index contributed by atoms with van der Waals surface area (Å²) in [6, 6.07) is 9.72. The van der Waals surface area contributed by atoms with Gasteiger partial charge in [0.05, 0.1) is 18.1 Å². The molecule has 2 aromatic rings. The third-order valence-corrected chi connectivity index (χ3v) is 4.73. The first-order chi connectivity index (χ1) is 12.7. The quantitative estimate of drug-likeness (QED) is 0.650. The monoisotopic (exact) mass is 370 g/mol. The van der Waals surface area contributed by atoms with Gasteiger partial charge in [-0.05, 0) is 39.0 Å². The Bertz CT molecular complexity index is 907. The highest BCUT2D eigenvalue weighted by molar-refractivity contribution is 5.96. The molecule has 7 nitrogen and oxygen atoms in total. The fraction of sp³-hybridized carbons (Fsp3) is 0.350. The van der Waals surface area contributed by atoms with E-state index >= 15 is 0 Å². The molecule has 1 N–H and O–H groups in total. The predicted molar refractivity (Wildman–Crippen MR) is 100 cm³/mol. The average Bonchev–Trinajstić information content (AvgIpc) is 2.59. The van der Waals surface area contributed by atoms with Crippen molar-refractivity contribution in [2.45, 2.75) is 38.8 Å². The van der Waals surface area contributed by atoms with Crippen molar-refractivity contribution in [3.63, 3.8) is 0 Å². The highest BCUT2D eigenvalue weighted by Gasteiger charge is 2.35. The van der Waals surface area contributed by atoms with Crippen LogP contribution < -0.4 is 14.8 Å². The van der Waals surface area contributed by atoms with Crippen molar-refractivity contribution in [1.29, 1.82) is 0 Å². The first kappa shape index (κ1) is 18.7. The fourth-order valence-electron chi connectivity index (χ4n) is 3.39. The van der Waals surface area contributed by atoms with E-state index in [0.29, 0.717) is 29.0 Å². The zero-order chi connectivity index (χ0) is 19.8. The molecule has 0 fully saturated rings. The van der Waals surface area contributed by atoms with Gasteiger partial charge in [0.25, 0.3) is 11.6 Å². The number of hydrogen-bond donors (Lipinski definition) is 1. The zero-order valence-corrected chi connectivity index (χ0v) is 15.7. The molecule has 142 valence electrons. The summed E-state index contributed by atoms with van der Waals surface area (Å²) in [7, 11) is 1.58. The molecule has 0 saturated carbocycles. The number of rotatable bonds is 4. The lowest BCUT2D eigenvalue weighted by Crippen LogP contribution is -2.41. The number of nitrogens with one attached hydrogen (secondary N) is 1. The smallest absolute Gasteiger partial charge is 0.273 e. The Labute approximate surface area is 157 Å². The van der Waals surface area contributed by atoms with Gasteiger partial charge < -0.3 is 14.8 Å². The lowest BCUT2D eigenvalue weighted by atomic mass is 9.89. The van der Waals surface area contributed by atoms with Crippen molar-refractivity contribution < 1.29 is 19.2 Å². The fourth-order valence-corrected chi connectivity index (χ4v) is 3.39. The average molecular weight is 370 g/mol. The van der Waals surface area contributed by atoms with Crippen molar-refractivity contribution in [3.05, 3.63) is 63.2 Å². The number of nitrogens with zero attached hydrogens (tertiary/aromatic N) is 1. The molecule has 1 amide bonds. The van der Waals surface area contributed by atoms with E-state index in [4.69, 9.17) is 9.47 Å². The van der Waals surface area contributed by atoms with Crippen LogP contribution >= 0.6 is 0 Å². The van der Waals surface area contributed by atoms with Crippen LogP contribution in [0.1, 0.15) is 47.8 Å².